The fourth-order valence-electron chi connectivity index (χ4n) is 3.20. The smallest absolute Gasteiger partial charge is 0.317 e. The van der Waals surface area contributed by atoms with Gasteiger partial charge in [-0.1, -0.05) is 47.5 Å². The average Bonchev–Trinajstić information content (AvgIpc) is 2.62. The Morgan fingerprint density at radius 1 is 1.08 bits per heavy atom. The first-order valence-corrected chi connectivity index (χ1v) is 9.01. The highest BCUT2D eigenvalue weighted by atomic mass is 35.5. The van der Waals surface area contributed by atoms with Crippen LogP contribution in [0, 0.1) is 13.8 Å². The molecular weight excluding hydrogens is 334 g/mol. The zero-order valence-electron chi connectivity index (χ0n) is 14.8. The van der Waals surface area contributed by atoms with Crippen LogP contribution in [-0.4, -0.2) is 37.1 Å². The Bertz CT molecular complexity index is 754. The summed E-state index contributed by atoms with van der Waals surface area (Å²) in [7, 11) is 0. The van der Waals surface area contributed by atoms with Crippen LogP contribution in [0.2, 0.25) is 5.02 Å². The van der Waals surface area contributed by atoms with E-state index in [2.05, 4.69) is 35.3 Å². The number of piperazine rings is 1. The van der Waals surface area contributed by atoms with E-state index in [1.807, 2.05) is 36.1 Å². The van der Waals surface area contributed by atoms with Crippen molar-refractivity contribution in [3.05, 3.63) is 64.2 Å². The van der Waals surface area contributed by atoms with Crippen LogP contribution in [-0.2, 0) is 6.54 Å². The number of nitrogens with one attached hydrogen (secondary N) is 1. The number of hydrogen-bond donors (Lipinski definition) is 1. The van der Waals surface area contributed by atoms with Crippen molar-refractivity contribution in [1.29, 1.82) is 0 Å². The molecule has 132 valence electrons. The highest BCUT2D eigenvalue weighted by molar-refractivity contribution is 6.31. The molecule has 2 aromatic carbocycles. The summed E-state index contributed by atoms with van der Waals surface area (Å²) in [5.74, 6) is 0. The monoisotopic (exact) mass is 357 g/mol. The predicted molar refractivity (Wildman–Crippen MR) is 103 cm³/mol. The van der Waals surface area contributed by atoms with Crippen LogP contribution < -0.4 is 10.2 Å². The number of amides is 2. The van der Waals surface area contributed by atoms with E-state index in [-0.39, 0.29) is 6.03 Å². The minimum Gasteiger partial charge on any atom is -0.368 e. The van der Waals surface area contributed by atoms with Crippen molar-refractivity contribution in [1.82, 2.24) is 10.2 Å². The highest BCUT2D eigenvalue weighted by Crippen LogP contribution is 2.27. The first kappa shape index (κ1) is 17.6. The molecule has 0 radical (unpaired) electrons. The third kappa shape index (κ3) is 4.26. The Morgan fingerprint density at radius 2 is 1.80 bits per heavy atom. The van der Waals surface area contributed by atoms with Crippen molar-refractivity contribution >= 4 is 23.3 Å². The van der Waals surface area contributed by atoms with E-state index in [9.17, 15) is 4.79 Å². The first-order chi connectivity index (χ1) is 12.0. The van der Waals surface area contributed by atoms with Gasteiger partial charge in [-0.25, -0.2) is 4.79 Å². The van der Waals surface area contributed by atoms with Gasteiger partial charge in [0.25, 0.3) is 0 Å². The normalized spacial score (nSPS) is 14.5. The summed E-state index contributed by atoms with van der Waals surface area (Å²) in [6, 6.07) is 14.2. The maximum Gasteiger partial charge on any atom is 0.317 e. The molecule has 1 fully saturated rings. The van der Waals surface area contributed by atoms with Crippen LogP contribution in [0.15, 0.2) is 42.5 Å². The van der Waals surface area contributed by atoms with E-state index >= 15 is 0 Å². The van der Waals surface area contributed by atoms with Gasteiger partial charge in [0.2, 0.25) is 0 Å². The molecule has 0 atom stereocenters. The van der Waals surface area contributed by atoms with Gasteiger partial charge in [0.05, 0.1) is 0 Å². The van der Waals surface area contributed by atoms with Crippen LogP contribution in [0.4, 0.5) is 10.5 Å². The molecule has 3 rings (SSSR count). The van der Waals surface area contributed by atoms with Gasteiger partial charge in [0.15, 0.2) is 0 Å². The van der Waals surface area contributed by atoms with Crippen molar-refractivity contribution in [3.8, 4) is 0 Å². The summed E-state index contributed by atoms with van der Waals surface area (Å²) < 4.78 is 0. The molecule has 2 aromatic rings. The summed E-state index contributed by atoms with van der Waals surface area (Å²) in [6.07, 6.45) is 0. The van der Waals surface area contributed by atoms with Crippen LogP contribution in [0.25, 0.3) is 0 Å². The van der Waals surface area contributed by atoms with Crippen LogP contribution in [0.3, 0.4) is 0 Å². The maximum atomic E-state index is 12.4. The lowest BCUT2D eigenvalue weighted by Gasteiger charge is -2.36. The second-order valence-corrected chi connectivity index (χ2v) is 6.91. The maximum absolute atomic E-state index is 12.4. The van der Waals surface area contributed by atoms with Gasteiger partial charge in [0.1, 0.15) is 0 Å². The van der Waals surface area contributed by atoms with Crippen molar-refractivity contribution in [3.63, 3.8) is 0 Å². The van der Waals surface area contributed by atoms with Crippen molar-refractivity contribution in [2.75, 3.05) is 31.1 Å². The number of anilines is 1. The minimum atomic E-state index is 0.00368. The summed E-state index contributed by atoms with van der Waals surface area (Å²) in [5.41, 5.74) is 4.59. The Kier molecular flexibility index (Phi) is 5.49. The molecule has 1 heterocycles. The van der Waals surface area contributed by atoms with Gasteiger partial charge in [0, 0.05) is 43.4 Å². The lowest BCUT2D eigenvalue weighted by atomic mass is 10.1. The molecule has 0 saturated carbocycles. The summed E-state index contributed by atoms with van der Waals surface area (Å²) >= 11 is 6.22. The standard InChI is InChI=1S/C20H24ClN3O/c1-15-5-3-6-17(13-15)14-22-20(25)24-11-9-23(10-12-24)19-8-4-7-18(21)16(19)2/h3-8,13H,9-12,14H2,1-2H3,(H,22,25). The molecule has 1 aliphatic rings. The van der Waals surface area contributed by atoms with Gasteiger partial charge < -0.3 is 15.1 Å². The van der Waals surface area contributed by atoms with Crippen molar-refractivity contribution in [2.24, 2.45) is 0 Å². The van der Waals surface area contributed by atoms with E-state index in [1.54, 1.807) is 0 Å². The molecule has 1 saturated heterocycles. The van der Waals surface area contributed by atoms with Crippen LogP contribution in [0.5, 0.6) is 0 Å². The van der Waals surface area contributed by atoms with E-state index in [1.165, 1.54) is 5.56 Å². The molecule has 1 aliphatic heterocycles. The van der Waals surface area contributed by atoms with E-state index in [0.717, 1.165) is 34.9 Å². The van der Waals surface area contributed by atoms with Crippen molar-refractivity contribution in [2.45, 2.75) is 20.4 Å². The molecule has 0 spiro atoms. The number of rotatable bonds is 3. The Morgan fingerprint density at radius 3 is 2.52 bits per heavy atom. The van der Waals surface area contributed by atoms with Gasteiger partial charge in [-0.3, -0.25) is 0 Å². The lowest BCUT2D eigenvalue weighted by Crippen LogP contribution is -2.51. The predicted octanol–water partition coefficient (Wildman–Crippen LogP) is 3.99. The number of hydrogen-bond acceptors (Lipinski definition) is 2. The fraction of sp³-hybridized carbons (Fsp3) is 0.350. The summed E-state index contributed by atoms with van der Waals surface area (Å²) in [5, 5.41) is 3.81. The van der Waals surface area contributed by atoms with E-state index in [0.29, 0.717) is 19.6 Å². The van der Waals surface area contributed by atoms with E-state index < -0.39 is 0 Å². The quantitative estimate of drug-likeness (QED) is 0.901. The SMILES string of the molecule is Cc1cccc(CNC(=O)N2CCN(c3cccc(Cl)c3C)CC2)c1. The van der Waals surface area contributed by atoms with E-state index in [4.69, 9.17) is 11.6 Å². The largest absolute Gasteiger partial charge is 0.368 e. The zero-order chi connectivity index (χ0) is 17.8. The third-order valence-corrected chi connectivity index (χ3v) is 5.08. The van der Waals surface area contributed by atoms with Gasteiger partial charge in [-0.05, 0) is 37.1 Å². The van der Waals surface area contributed by atoms with Gasteiger partial charge >= 0.3 is 6.03 Å². The topological polar surface area (TPSA) is 35.6 Å². The molecule has 5 heteroatoms. The molecule has 0 aliphatic carbocycles. The second kappa shape index (κ2) is 7.79. The fourth-order valence-corrected chi connectivity index (χ4v) is 3.37. The Hall–Kier alpha value is -2.20. The second-order valence-electron chi connectivity index (χ2n) is 6.51. The lowest BCUT2D eigenvalue weighted by molar-refractivity contribution is 0.194. The number of carbonyl (C=O) groups excluding carboxylic acids is 1. The summed E-state index contributed by atoms with van der Waals surface area (Å²) in [6.45, 7) is 7.73. The molecule has 4 nitrogen and oxygen atoms in total. The number of benzene rings is 2. The number of nitrogens with zero attached hydrogens (tertiary/aromatic N) is 2. The molecular formula is C20H24ClN3O. The van der Waals surface area contributed by atoms with Gasteiger partial charge in [-0.2, -0.15) is 0 Å². The molecule has 0 bridgehead atoms. The third-order valence-electron chi connectivity index (χ3n) is 4.67. The van der Waals surface area contributed by atoms with Gasteiger partial charge in [-0.15, -0.1) is 0 Å². The molecule has 2 amide bonds. The van der Waals surface area contributed by atoms with Crippen molar-refractivity contribution < 1.29 is 4.79 Å². The van der Waals surface area contributed by atoms with Crippen LogP contribution in [0.1, 0.15) is 16.7 Å². The molecule has 0 aromatic heterocycles. The minimum absolute atomic E-state index is 0.00368. The summed E-state index contributed by atoms with van der Waals surface area (Å²) in [4.78, 5) is 16.6. The van der Waals surface area contributed by atoms with Crippen LogP contribution >= 0.6 is 11.6 Å². The average molecular weight is 358 g/mol. The molecule has 0 unspecified atom stereocenters. The first-order valence-electron chi connectivity index (χ1n) is 8.63. The number of halogens is 1. The Labute approximate surface area is 154 Å². The molecule has 1 N–H and O–H groups in total. The number of aryl methyl sites for hydroxylation is 1. The zero-order valence-corrected chi connectivity index (χ0v) is 15.5. The number of urea groups is 1. The molecule has 25 heavy (non-hydrogen) atoms. The highest BCUT2D eigenvalue weighted by Gasteiger charge is 2.22. The number of carbonyl (C=O) groups is 1. The Balaban J connectivity index is 1.53.